The first-order chi connectivity index (χ1) is 19.8. The maximum absolute atomic E-state index is 13.9. The van der Waals surface area contributed by atoms with Crippen LogP contribution in [0.4, 0.5) is 4.39 Å². The van der Waals surface area contributed by atoms with Crippen molar-refractivity contribution in [2.24, 2.45) is 0 Å². The van der Waals surface area contributed by atoms with Crippen LogP contribution in [0.3, 0.4) is 0 Å². The molecular weight excluding hydrogens is 564 g/mol. The third-order valence-electron chi connectivity index (χ3n) is 6.47. The molecule has 210 valence electrons. The molecule has 0 aliphatic carbocycles. The molecule has 1 N–H and O–H groups in total. The first-order valence-corrected chi connectivity index (χ1v) is 15.1. The molecule has 41 heavy (non-hydrogen) atoms. The molecule has 5 aromatic rings. The summed E-state index contributed by atoms with van der Waals surface area (Å²) in [5, 5.41) is 9.91. The van der Waals surface area contributed by atoms with Gasteiger partial charge in [-0.15, -0.1) is 0 Å². The van der Waals surface area contributed by atoms with Gasteiger partial charge in [-0.2, -0.15) is 5.10 Å². The van der Waals surface area contributed by atoms with Crippen LogP contribution in [0.15, 0.2) is 97.1 Å². The van der Waals surface area contributed by atoms with Crippen LogP contribution >= 0.6 is 19.2 Å². The number of carbonyl (C=O) groups is 1. The number of fused-ring (bicyclic) bond motifs is 1. The van der Waals surface area contributed by atoms with Crippen LogP contribution in [0.2, 0.25) is 5.02 Å². The standard InChI is InChI=1S/C31H28ClFN3O4P/c1-3-39-41(38,40-4-2)31(22-12-14-23(32)15-13-22)34-30(37)28-20-29(36(35-28)25-18-16-24(33)17-19-25)27-11-7-9-21-8-5-6-10-26(21)27/h5-20,31H,3-4H2,1-2H3,(H,34,37). The van der Waals surface area contributed by atoms with Gasteiger partial charge in [0.25, 0.3) is 5.91 Å². The van der Waals surface area contributed by atoms with Gasteiger partial charge in [0.1, 0.15) is 5.82 Å². The Labute approximate surface area is 242 Å². The summed E-state index contributed by atoms with van der Waals surface area (Å²) in [5.74, 6) is -2.10. The van der Waals surface area contributed by atoms with Crippen molar-refractivity contribution in [3.05, 3.63) is 119 Å². The number of halogens is 2. The highest BCUT2D eigenvalue weighted by molar-refractivity contribution is 7.54. The molecule has 0 bridgehead atoms. The molecule has 0 aliphatic rings. The van der Waals surface area contributed by atoms with Crippen LogP contribution in [0, 0.1) is 5.82 Å². The van der Waals surface area contributed by atoms with Gasteiger partial charge in [-0.05, 0) is 72.6 Å². The Morgan fingerprint density at radius 3 is 2.29 bits per heavy atom. The molecule has 1 aromatic heterocycles. The zero-order chi connectivity index (χ0) is 29.0. The van der Waals surface area contributed by atoms with Crippen LogP contribution in [0.1, 0.15) is 35.7 Å². The van der Waals surface area contributed by atoms with Crippen LogP contribution < -0.4 is 5.32 Å². The van der Waals surface area contributed by atoms with E-state index in [0.29, 0.717) is 22.0 Å². The van der Waals surface area contributed by atoms with E-state index < -0.39 is 19.3 Å². The zero-order valence-corrected chi connectivity index (χ0v) is 24.1. The topological polar surface area (TPSA) is 82.5 Å². The fourth-order valence-electron chi connectivity index (χ4n) is 4.65. The Morgan fingerprint density at radius 2 is 1.61 bits per heavy atom. The summed E-state index contributed by atoms with van der Waals surface area (Å²) in [4.78, 5) is 13.8. The van der Waals surface area contributed by atoms with Crippen LogP contribution in [-0.4, -0.2) is 28.9 Å². The SMILES string of the molecule is CCOP(=O)(OCC)C(NC(=O)c1cc(-c2cccc3ccccc23)n(-c2ccc(F)cc2)n1)c1ccc(Cl)cc1. The van der Waals surface area contributed by atoms with Crippen molar-refractivity contribution in [2.45, 2.75) is 19.6 Å². The number of hydrogen-bond donors (Lipinski definition) is 1. The van der Waals surface area contributed by atoms with E-state index in [2.05, 4.69) is 10.4 Å². The first kappa shape index (κ1) is 28.7. The Morgan fingerprint density at radius 1 is 0.951 bits per heavy atom. The molecule has 7 nitrogen and oxygen atoms in total. The number of amides is 1. The minimum absolute atomic E-state index is 0.0655. The highest BCUT2D eigenvalue weighted by Crippen LogP contribution is 2.59. The van der Waals surface area contributed by atoms with Crippen molar-refractivity contribution in [3.8, 4) is 16.9 Å². The van der Waals surface area contributed by atoms with Crippen LogP contribution in [0.5, 0.6) is 0 Å². The predicted molar refractivity (Wildman–Crippen MR) is 159 cm³/mol. The number of carbonyl (C=O) groups excluding carboxylic acids is 1. The van der Waals surface area contributed by atoms with Crippen LogP contribution in [-0.2, 0) is 13.6 Å². The van der Waals surface area contributed by atoms with Gasteiger partial charge in [-0.25, -0.2) is 9.07 Å². The fourth-order valence-corrected chi connectivity index (χ4v) is 6.68. The zero-order valence-electron chi connectivity index (χ0n) is 22.5. The second kappa shape index (κ2) is 12.4. The molecule has 0 radical (unpaired) electrons. The average molecular weight is 592 g/mol. The summed E-state index contributed by atoms with van der Waals surface area (Å²) < 4.78 is 40.5. The second-order valence-electron chi connectivity index (χ2n) is 9.13. The molecule has 0 fully saturated rings. The van der Waals surface area contributed by atoms with Crippen molar-refractivity contribution in [1.29, 1.82) is 0 Å². The van der Waals surface area contributed by atoms with Gasteiger partial charge in [0.2, 0.25) is 0 Å². The lowest BCUT2D eigenvalue weighted by Gasteiger charge is -2.27. The summed E-state index contributed by atoms with van der Waals surface area (Å²) in [7, 11) is -3.85. The van der Waals surface area contributed by atoms with E-state index in [0.717, 1.165) is 16.3 Å². The summed E-state index contributed by atoms with van der Waals surface area (Å²) in [5.41, 5.74) is 2.59. The van der Waals surface area contributed by atoms with Gasteiger partial charge in [0, 0.05) is 10.6 Å². The Hall–Kier alpha value is -3.81. The number of benzene rings is 4. The Kier molecular flexibility index (Phi) is 8.66. The summed E-state index contributed by atoms with van der Waals surface area (Å²) in [6.45, 7) is 3.63. The van der Waals surface area contributed by atoms with Crippen molar-refractivity contribution >= 4 is 35.9 Å². The van der Waals surface area contributed by atoms with Gasteiger partial charge >= 0.3 is 7.60 Å². The van der Waals surface area contributed by atoms with Crippen molar-refractivity contribution < 1.29 is 22.8 Å². The van der Waals surface area contributed by atoms with E-state index in [1.54, 1.807) is 61.0 Å². The summed E-state index contributed by atoms with van der Waals surface area (Å²) in [6, 6.07) is 27.9. The van der Waals surface area contributed by atoms with Crippen molar-refractivity contribution in [1.82, 2.24) is 15.1 Å². The Bertz CT molecular complexity index is 1710. The van der Waals surface area contributed by atoms with Gasteiger partial charge in [-0.3, -0.25) is 9.36 Å². The van der Waals surface area contributed by atoms with E-state index >= 15 is 0 Å². The molecule has 1 atom stereocenters. The minimum atomic E-state index is -3.85. The van der Waals surface area contributed by atoms with E-state index in [1.165, 1.54) is 12.1 Å². The molecular formula is C31H28ClFN3O4P. The van der Waals surface area contributed by atoms with Gasteiger partial charge in [0.15, 0.2) is 11.5 Å². The Balaban J connectivity index is 1.61. The molecule has 1 heterocycles. The highest BCUT2D eigenvalue weighted by Gasteiger charge is 2.39. The number of rotatable bonds is 10. The van der Waals surface area contributed by atoms with Gasteiger partial charge < -0.3 is 14.4 Å². The van der Waals surface area contributed by atoms with Crippen molar-refractivity contribution in [2.75, 3.05) is 13.2 Å². The average Bonchev–Trinajstić information content (AvgIpc) is 3.42. The minimum Gasteiger partial charge on any atom is -0.333 e. The molecule has 0 saturated carbocycles. The molecule has 0 spiro atoms. The van der Waals surface area contributed by atoms with Crippen molar-refractivity contribution in [3.63, 3.8) is 0 Å². The lowest BCUT2D eigenvalue weighted by Crippen LogP contribution is -2.30. The largest absolute Gasteiger partial charge is 0.357 e. The lowest BCUT2D eigenvalue weighted by atomic mass is 10.0. The molecule has 5 rings (SSSR count). The monoisotopic (exact) mass is 591 g/mol. The van der Waals surface area contributed by atoms with E-state index in [-0.39, 0.29) is 24.7 Å². The van der Waals surface area contributed by atoms with Crippen LogP contribution in [0.25, 0.3) is 27.7 Å². The molecule has 1 amide bonds. The molecule has 0 saturated heterocycles. The first-order valence-electron chi connectivity index (χ1n) is 13.1. The third-order valence-corrected chi connectivity index (χ3v) is 9.01. The van der Waals surface area contributed by atoms with E-state index in [4.69, 9.17) is 20.6 Å². The second-order valence-corrected chi connectivity index (χ2v) is 11.7. The molecule has 4 aromatic carbocycles. The highest BCUT2D eigenvalue weighted by atomic mass is 35.5. The molecule has 0 aliphatic heterocycles. The maximum Gasteiger partial charge on any atom is 0.357 e. The third kappa shape index (κ3) is 6.11. The number of nitrogens with zero attached hydrogens (tertiary/aromatic N) is 2. The smallest absolute Gasteiger partial charge is 0.333 e. The van der Waals surface area contributed by atoms with E-state index in [1.807, 2.05) is 42.5 Å². The maximum atomic E-state index is 13.9. The summed E-state index contributed by atoms with van der Waals surface area (Å²) >= 11 is 6.09. The predicted octanol–water partition coefficient (Wildman–Crippen LogP) is 8.18. The quantitative estimate of drug-likeness (QED) is 0.166. The number of nitrogens with one attached hydrogen (secondary N) is 1. The molecule has 10 heteroatoms. The molecule has 1 unspecified atom stereocenters. The number of hydrogen-bond acceptors (Lipinski definition) is 5. The lowest BCUT2D eigenvalue weighted by molar-refractivity contribution is 0.0932. The number of aromatic nitrogens is 2. The van der Waals surface area contributed by atoms with Gasteiger partial charge in [-0.1, -0.05) is 66.2 Å². The van der Waals surface area contributed by atoms with E-state index in [9.17, 15) is 13.8 Å². The fraction of sp³-hybridized carbons (Fsp3) is 0.161. The summed E-state index contributed by atoms with van der Waals surface area (Å²) in [6.07, 6.45) is 0. The van der Waals surface area contributed by atoms with Gasteiger partial charge in [0.05, 0.1) is 24.6 Å². The normalized spacial score (nSPS) is 12.4.